The van der Waals surface area contributed by atoms with Crippen molar-refractivity contribution in [3.05, 3.63) is 0 Å². The maximum Gasteiger partial charge on any atom is 0.137 e. The summed E-state index contributed by atoms with van der Waals surface area (Å²) in [4.78, 5) is 0. The number of methoxy groups -OCH3 is 1. The lowest BCUT2D eigenvalue weighted by Gasteiger charge is -1.96. The molecule has 0 amide bonds. The number of ether oxygens (including phenoxy) is 1. The van der Waals surface area contributed by atoms with Gasteiger partial charge in [0.2, 0.25) is 0 Å². The van der Waals surface area contributed by atoms with E-state index < -0.39 is 6.10 Å². The summed E-state index contributed by atoms with van der Waals surface area (Å²) in [6, 6.07) is 0. The van der Waals surface area contributed by atoms with Crippen LogP contribution < -0.4 is 0 Å². The van der Waals surface area contributed by atoms with Crippen molar-refractivity contribution in [1.29, 1.82) is 0 Å². The zero-order valence-corrected chi connectivity index (χ0v) is 4.22. The Balaban J connectivity index is 3.04. The number of terminal acetylenes is 1. The third-order valence-corrected chi connectivity index (χ3v) is 0.517. The molecule has 0 heterocycles. The number of hydrogen-bond acceptors (Lipinski definition) is 2. The van der Waals surface area contributed by atoms with E-state index in [4.69, 9.17) is 11.5 Å². The molecule has 0 saturated carbocycles. The summed E-state index contributed by atoms with van der Waals surface area (Å²) in [5.41, 5.74) is 0. The monoisotopic (exact) mass is 100 g/mol. The van der Waals surface area contributed by atoms with E-state index in [0.29, 0.717) is 0 Å². The number of aliphatic hydroxyl groups is 1. The number of rotatable bonds is 2. The van der Waals surface area contributed by atoms with Crippen LogP contribution in [0.3, 0.4) is 0 Å². The standard InChI is InChI=1S/C5H8O2/c1-3-5(6)4-7-2/h1,5-6H,4H2,2H3/t5-/m0/s1. The summed E-state index contributed by atoms with van der Waals surface area (Å²) in [5.74, 6) is 2.10. The summed E-state index contributed by atoms with van der Waals surface area (Å²) in [5, 5.41) is 8.50. The molecule has 0 rings (SSSR count). The minimum atomic E-state index is -0.745. The smallest absolute Gasteiger partial charge is 0.137 e. The molecule has 0 aromatic heterocycles. The van der Waals surface area contributed by atoms with Gasteiger partial charge >= 0.3 is 0 Å². The first-order valence-electron chi connectivity index (χ1n) is 1.94. The second-order valence-corrected chi connectivity index (χ2v) is 1.14. The highest BCUT2D eigenvalue weighted by atomic mass is 16.5. The Morgan fingerprint density at radius 1 is 2.00 bits per heavy atom. The maximum atomic E-state index is 8.50. The maximum absolute atomic E-state index is 8.50. The topological polar surface area (TPSA) is 29.5 Å². The molecule has 1 N–H and O–H groups in total. The molecular formula is C5H8O2. The first kappa shape index (κ1) is 6.48. The fourth-order valence-electron chi connectivity index (χ4n) is 0.206. The van der Waals surface area contributed by atoms with Crippen molar-refractivity contribution in [2.45, 2.75) is 6.10 Å². The molecule has 7 heavy (non-hydrogen) atoms. The van der Waals surface area contributed by atoms with Crippen LogP contribution in [0.4, 0.5) is 0 Å². The Labute approximate surface area is 43.1 Å². The molecule has 0 unspecified atom stereocenters. The van der Waals surface area contributed by atoms with E-state index in [1.54, 1.807) is 0 Å². The molecule has 0 aliphatic carbocycles. The Bertz CT molecular complexity index is 72.6. The molecule has 0 bridgehead atoms. The van der Waals surface area contributed by atoms with E-state index in [2.05, 4.69) is 10.7 Å². The van der Waals surface area contributed by atoms with E-state index in [0.717, 1.165) is 0 Å². The van der Waals surface area contributed by atoms with Crippen LogP contribution in [0.2, 0.25) is 0 Å². The van der Waals surface area contributed by atoms with Crippen LogP contribution in [0.15, 0.2) is 0 Å². The molecule has 0 fully saturated rings. The number of aliphatic hydroxyl groups excluding tert-OH is 1. The third kappa shape index (κ3) is 3.31. The Hall–Kier alpha value is -0.520. The van der Waals surface area contributed by atoms with Gasteiger partial charge in [0.25, 0.3) is 0 Å². The molecule has 0 spiro atoms. The van der Waals surface area contributed by atoms with Crippen molar-refractivity contribution in [3.63, 3.8) is 0 Å². The van der Waals surface area contributed by atoms with Gasteiger partial charge < -0.3 is 9.84 Å². The molecule has 1 atom stereocenters. The van der Waals surface area contributed by atoms with Crippen LogP contribution in [0, 0.1) is 12.3 Å². The third-order valence-electron chi connectivity index (χ3n) is 0.517. The highest BCUT2D eigenvalue weighted by Gasteiger charge is 1.92. The minimum absolute atomic E-state index is 0.219. The van der Waals surface area contributed by atoms with Gasteiger partial charge in [0.05, 0.1) is 6.61 Å². The fraction of sp³-hybridized carbons (Fsp3) is 0.600. The molecule has 2 nitrogen and oxygen atoms in total. The summed E-state index contributed by atoms with van der Waals surface area (Å²) >= 11 is 0. The van der Waals surface area contributed by atoms with Gasteiger partial charge in [-0.2, -0.15) is 0 Å². The van der Waals surface area contributed by atoms with Gasteiger partial charge in [-0.05, 0) is 0 Å². The van der Waals surface area contributed by atoms with Crippen LogP contribution in [-0.4, -0.2) is 24.9 Å². The van der Waals surface area contributed by atoms with Crippen molar-refractivity contribution in [2.24, 2.45) is 0 Å². The molecule has 40 valence electrons. The SMILES string of the molecule is C#C[C@H](O)COC. The average Bonchev–Trinajstić information content (AvgIpc) is 1.68. The Kier molecular flexibility index (Phi) is 3.39. The second kappa shape index (κ2) is 3.66. The van der Waals surface area contributed by atoms with E-state index in [1.165, 1.54) is 7.11 Å². The fourth-order valence-corrected chi connectivity index (χ4v) is 0.206. The largest absolute Gasteiger partial charge is 0.381 e. The Morgan fingerprint density at radius 3 is 2.71 bits per heavy atom. The molecule has 0 radical (unpaired) electrons. The highest BCUT2D eigenvalue weighted by Crippen LogP contribution is 1.76. The summed E-state index contributed by atoms with van der Waals surface area (Å²) in [7, 11) is 1.49. The first-order valence-corrected chi connectivity index (χ1v) is 1.94. The van der Waals surface area contributed by atoms with Crippen molar-refractivity contribution in [3.8, 4) is 12.3 Å². The van der Waals surface area contributed by atoms with E-state index in [9.17, 15) is 0 Å². The Morgan fingerprint density at radius 2 is 2.57 bits per heavy atom. The van der Waals surface area contributed by atoms with Gasteiger partial charge in [-0.25, -0.2) is 0 Å². The van der Waals surface area contributed by atoms with Gasteiger partial charge in [0.1, 0.15) is 6.10 Å². The van der Waals surface area contributed by atoms with Crippen LogP contribution in [0.5, 0.6) is 0 Å². The van der Waals surface area contributed by atoms with Gasteiger partial charge in [0, 0.05) is 7.11 Å². The summed E-state index contributed by atoms with van der Waals surface area (Å²) in [6.07, 6.45) is 4.03. The molecular weight excluding hydrogens is 92.1 g/mol. The van der Waals surface area contributed by atoms with Gasteiger partial charge in [-0.15, -0.1) is 6.42 Å². The first-order chi connectivity index (χ1) is 3.31. The number of hydrogen-bond donors (Lipinski definition) is 1. The molecule has 0 saturated heterocycles. The van der Waals surface area contributed by atoms with Crippen LogP contribution in [-0.2, 0) is 4.74 Å². The lowest BCUT2D eigenvalue weighted by atomic mass is 10.4. The lowest BCUT2D eigenvalue weighted by Crippen LogP contribution is -2.09. The molecule has 0 aliphatic rings. The molecule has 0 aromatic carbocycles. The van der Waals surface area contributed by atoms with Gasteiger partial charge in [-0.1, -0.05) is 5.92 Å². The molecule has 0 aliphatic heterocycles. The quantitative estimate of drug-likeness (QED) is 0.479. The van der Waals surface area contributed by atoms with Gasteiger partial charge in [-0.3, -0.25) is 0 Å². The summed E-state index contributed by atoms with van der Waals surface area (Å²) in [6.45, 7) is 0.219. The molecule has 0 aromatic rings. The van der Waals surface area contributed by atoms with Crippen LogP contribution in [0.25, 0.3) is 0 Å². The van der Waals surface area contributed by atoms with Crippen molar-refractivity contribution >= 4 is 0 Å². The summed E-state index contributed by atoms with van der Waals surface area (Å²) < 4.78 is 4.50. The second-order valence-electron chi connectivity index (χ2n) is 1.14. The average molecular weight is 100 g/mol. The van der Waals surface area contributed by atoms with Gasteiger partial charge in [0.15, 0.2) is 0 Å². The van der Waals surface area contributed by atoms with Crippen LogP contribution in [0.1, 0.15) is 0 Å². The van der Waals surface area contributed by atoms with Crippen LogP contribution >= 0.6 is 0 Å². The minimum Gasteiger partial charge on any atom is -0.381 e. The normalized spacial score (nSPS) is 12.7. The zero-order valence-electron chi connectivity index (χ0n) is 4.22. The van der Waals surface area contributed by atoms with E-state index in [-0.39, 0.29) is 6.61 Å². The van der Waals surface area contributed by atoms with Crippen molar-refractivity contribution in [2.75, 3.05) is 13.7 Å². The van der Waals surface area contributed by atoms with E-state index in [1.807, 2.05) is 0 Å². The predicted molar refractivity (Wildman–Crippen MR) is 26.7 cm³/mol. The van der Waals surface area contributed by atoms with E-state index >= 15 is 0 Å². The molecule has 2 heteroatoms. The van der Waals surface area contributed by atoms with Crippen molar-refractivity contribution < 1.29 is 9.84 Å². The van der Waals surface area contributed by atoms with Crippen molar-refractivity contribution in [1.82, 2.24) is 0 Å². The lowest BCUT2D eigenvalue weighted by molar-refractivity contribution is 0.0988. The predicted octanol–water partition coefficient (Wildman–Crippen LogP) is -0.373. The zero-order chi connectivity index (χ0) is 5.70. The highest BCUT2D eigenvalue weighted by molar-refractivity contribution is 4.92.